The van der Waals surface area contributed by atoms with E-state index >= 15 is 0 Å². The molecule has 1 aliphatic rings. The first-order valence-electron chi connectivity index (χ1n) is 14.6. The molecule has 4 aromatic carbocycles. The quantitative estimate of drug-likeness (QED) is 0.106. The van der Waals surface area contributed by atoms with Gasteiger partial charge in [0.15, 0.2) is 11.5 Å². The number of anilines is 1. The first-order chi connectivity index (χ1) is 22.8. The molecule has 1 aliphatic heterocycles. The van der Waals surface area contributed by atoms with Crippen molar-refractivity contribution in [3.8, 4) is 11.5 Å². The monoisotopic (exact) mass is 750 g/mol. The van der Waals surface area contributed by atoms with Gasteiger partial charge in [-0.15, -0.1) is 5.10 Å². The zero-order valence-electron chi connectivity index (χ0n) is 25.4. The summed E-state index contributed by atoms with van der Waals surface area (Å²) in [5.74, 6) is 1.54. The van der Waals surface area contributed by atoms with Crippen molar-refractivity contribution in [2.75, 3.05) is 12.4 Å². The second-order valence-electron chi connectivity index (χ2n) is 10.6. The second kappa shape index (κ2) is 14.9. The number of ether oxygens (including phenoxy) is 3. The van der Waals surface area contributed by atoms with Crippen LogP contribution in [-0.2, 0) is 28.5 Å². The molecule has 1 N–H and O–H groups in total. The Balaban J connectivity index is 1.35. The summed E-state index contributed by atoms with van der Waals surface area (Å²) >= 11 is 17.9. The van der Waals surface area contributed by atoms with Crippen LogP contribution in [0.15, 0.2) is 112 Å². The first-order valence-corrected chi connectivity index (χ1v) is 17.1. The van der Waals surface area contributed by atoms with Crippen molar-refractivity contribution >= 4 is 62.8 Å². The van der Waals surface area contributed by atoms with Gasteiger partial charge in [-0.2, -0.15) is 4.98 Å². The van der Waals surface area contributed by atoms with Crippen LogP contribution in [0.1, 0.15) is 35.2 Å². The average Bonchev–Trinajstić information content (AvgIpc) is 3.48. The van der Waals surface area contributed by atoms with Crippen LogP contribution in [0.25, 0.3) is 0 Å². The molecular formula is C35H29BrCl2N4O4S. The number of benzene rings is 4. The van der Waals surface area contributed by atoms with Crippen molar-refractivity contribution in [3.63, 3.8) is 0 Å². The van der Waals surface area contributed by atoms with E-state index in [2.05, 4.69) is 21.2 Å². The summed E-state index contributed by atoms with van der Waals surface area (Å²) in [6.07, 6.45) is 0. The van der Waals surface area contributed by atoms with Crippen molar-refractivity contribution in [3.05, 3.63) is 139 Å². The van der Waals surface area contributed by atoms with Crippen molar-refractivity contribution in [2.45, 2.75) is 37.1 Å². The number of aromatic nitrogens is 3. The summed E-state index contributed by atoms with van der Waals surface area (Å²) < 4.78 is 20.2. The number of hydrogen-bond donors (Lipinski definition) is 1. The highest BCUT2D eigenvalue weighted by atomic mass is 79.9. The van der Waals surface area contributed by atoms with E-state index in [1.165, 1.54) is 11.8 Å². The molecule has 0 radical (unpaired) electrons. The van der Waals surface area contributed by atoms with E-state index < -0.39 is 12.0 Å². The molecule has 0 fully saturated rings. The number of nitrogens with zero attached hydrogens (tertiary/aromatic N) is 3. The number of nitrogens with one attached hydrogen (secondary N) is 1. The van der Waals surface area contributed by atoms with Gasteiger partial charge in [0, 0.05) is 27.1 Å². The molecular weight excluding hydrogens is 723 g/mol. The van der Waals surface area contributed by atoms with Crippen molar-refractivity contribution < 1.29 is 19.0 Å². The standard InChI is InChI=1S/C35H29BrCl2N4O4S/c1-21-30(33(43)46-18-22-10-4-3-5-11-22)31(42-34(39-21)40-35(41-42)47-20-24-13-7-9-15-28(24)38)25-16-26(36)32(29(17-25)44-2)45-19-23-12-6-8-14-27(23)37/h3-17,31H,18-20H2,1-2H3,(H,39,40,41). The number of hydrogen-bond acceptors (Lipinski definition) is 8. The molecule has 2 heterocycles. The second-order valence-corrected chi connectivity index (χ2v) is 13.2. The minimum absolute atomic E-state index is 0.119. The summed E-state index contributed by atoms with van der Waals surface area (Å²) in [5.41, 5.74) is 4.38. The Bertz CT molecular complexity index is 1950. The number of thioether (sulfide) groups is 1. The molecule has 240 valence electrons. The minimum atomic E-state index is -0.695. The Morgan fingerprint density at radius 2 is 1.64 bits per heavy atom. The SMILES string of the molecule is COc1cc(C2C(C(=O)OCc3ccccc3)=C(C)Nc3nc(SCc4ccccc4Cl)nn32)cc(Br)c1OCc1ccccc1Cl. The summed E-state index contributed by atoms with van der Waals surface area (Å²) in [6.45, 7) is 2.18. The minimum Gasteiger partial charge on any atom is -0.493 e. The third kappa shape index (κ3) is 7.46. The topological polar surface area (TPSA) is 87.5 Å². The number of carbonyl (C=O) groups excluding carboxylic acids is 1. The van der Waals surface area contributed by atoms with Gasteiger partial charge in [-0.1, -0.05) is 102 Å². The van der Waals surface area contributed by atoms with Crippen LogP contribution in [0.5, 0.6) is 11.5 Å². The van der Waals surface area contributed by atoms with Gasteiger partial charge in [0.1, 0.15) is 19.3 Å². The first kappa shape index (κ1) is 33.0. The molecule has 1 aromatic heterocycles. The highest BCUT2D eigenvalue weighted by Crippen LogP contribution is 2.44. The Hall–Kier alpha value is -3.96. The maximum absolute atomic E-state index is 13.8. The maximum Gasteiger partial charge on any atom is 0.338 e. The van der Waals surface area contributed by atoms with Gasteiger partial charge < -0.3 is 19.5 Å². The third-order valence-corrected chi connectivity index (χ3v) is 9.69. The number of rotatable bonds is 11. The number of halogens is 3. The number of methoxy groups -OCH3 is 1. The summed E-state index contributed by atoms with van der Waals surface area (Å²) in [4.78, 5) is 18.6. The van der Waals surface area contributed by atoms with Crippen LogP contribution in [0.3, 0.4) is 0 Å². The molecule has 0 saturated heterocycles. The van der Waals surface area contributed by atoms with Gasteiger partial charge >= 0.3 is 5.97 Å². The molecule has 6 rings (SSSR count). The average molecular weight is 753 g/mol. The van der Waals surface area contributed by atoms with Gasteiger partial charge in [-0.3, -0.25) is 0 Å². The Morgan fingerprint density at radius 3 is 2.34 bits per heavy atom. The molecule has 0 saturated carbocycles. The van der Waals surface area contributed by atoms with E-state index in [0.29, 0.717) is 59.7 Å². The predicted molar refractivity (Wildman–Crippen MR) is 188 cm³/mol. The maximum atomic E-state index is 13.8. The normalized spacial score (nSPS) is 13.9. The third-order valence-electron chi connectivity index (χ3n) is 7.48. The van der Waals surface area contributed by atoms with E-state index in [4.69, 9.17) is 47.5 Å². The van der Waals surface area contributed by atoms with Gasteiger partial charge in [0.2, 0.25) is 11.1 Å². The van der Waals surface area contributed by atoms with Gasteiger partial charge in [-0.05, 0) is 63.8 Å². The molecule has 5 aromatic rings. The van der Waals surface area contributed by atoms with Crippen LogP contribution in [0, 0.1) is 0 Å². The Morgan fingerprint density at radius 1 is 0.957 bits per heavy atom. The number of esters is 1. The van der Waals surface area contributed by atoms with Crippen molar-refractivity contribution in [1.29, 1.82) is 0 Å². The highest BCUT2D eigenvalue weighted by molar-refractivity contribution is 9.10. The van der Waals surface area contributed by atoms with Crippen LogP contribution < -0.4 is 14.8 Å². The number of carbonyl (C=O) groups is 1. The van der Waals surface area contributed by atoms with E-state index in [9.17, 15) is 4.79 Å². The fourth-order valence-corrected chi connectivity index (χ4v) is 7.01. The molecule has 1 atom stereocenters. The van der Waals surface area contributed by atoms with E-state index in [1.807, 2.05) is 97.9 Å². The lowest BCUT2D eigenvalue weighted by molar-refractivity contribution is -0.140. The van der Waals surface area contributed by atoms with Crippen molar-refractivity contribution in [2.24, 2.45) is 0 Å². The Labute approximate surface area is 295 Å². The largest absolute Gasteiger partial charge is 0.493 e. The van der Waals surface area contributed by atoms with Crippen molar-refractivity contribution in [1.82, 2.24) is 14.8 Å². The highest BCUT2D eigenvalue weighted by Gasteiger charge is 2.36. The van der Waals surface area contributed by atoms with E-state index in [-0.39, 0.29) is 13.2 Å². The molecule has 47 heavy (non-hydrogen) atoms. The molecule has 0 spiro atoms. The molecule has 0 amide bonds. The lowest BCUT2D eigenvalue weighted by Crippen LogP contribution is -2.29. The van der Waals surface area contributed by atoms with Crippen LogP contribution >= 0.6 is 50.9 Å². The van der Waals surface area contributed by atoms with Crippen LogP contribution in [0.2, 0.25) is 10.0 Å². The van der Waals surface area contributed by atoms with Gasteiger partial charge in [0.05, 0.1) is 17.2 Å². The molecule has 0 aliphatic carbocycles. The molecule has 8 nitrogen and oxygen atoms in total. The lowest BCUT2D eigenvalue weighted by atomic mass is 9.95. The summed E-state index contributed by atoms with van der Waals surface area (Å²) in [6, 6.07) is 27.7. The molecule has 1 unspecified atom stereocenters. The van der Waals surface area contributed by atoms with Gasteiger partial charge in [-0.25, -0.2) is 9.48 Å². The van der Waals surface area contributed by atoms with E-state index in [1.54, 1.807) is 11.8 Å². The predicted octanol–water partition coefficient (Wildman–Crippen LogP) is 9.26. The number of allylic oxidation sites excluding steroid dienone is 1. The summed E-state index contributed by atoms with van der Waals surface area (Å²) in [5, 5.41) is 9.92. The lowest BCUT2D eigenvalue weighted by Gasteiger charge is -2.29. The zero-order valence-corrected chi connectivity index (χ0v) is 29.3. The zero-order chi connectivity index (χ0) is 32.9. The Kier molecular flexibility index (Phi) is 10.4. The smallest absolute Gasteiger partial charge is 0.338 e. The fraction of sp³-hybridized carbons (Fsp3) is 0.171. The molecule has 12 heteroatoms. The van der Waals surface area contributed by atoms with E-state index in [0.717, 1.165) is 16.7 Å². The fourth-order valence-electron chi connectivity index (χ4n) is 5.13. The summed E-state index contributed by atoms with van der Waals surface area (Å²) in [7, 11) is 1.57. The van der Waals surface area contributed by atoms with Gasteiger partial charge in [0.25, 0.3) is 0 Å². The number of fused-ring (bicyclic) bond motifs is 1. The van der Waals surface area contributed by atoms with Crippen LogP contribution in [0.4, 0.5) is 5.95 Å². The molecule has 0 bridgehead atoms. The van der Waals surface area contributed by atoms with Crippen LogP contribution in [-0.4, -0.2) is 27.8 Å².